The topological polar surface area (TPSA) is 65.2 Å². The monoisotopic (exact) mass is 192 g/mol. The van der Waals surface area contributed by atoms with E-state index in [0.717, 1.165) is 0 Å². The molecule has 1 aliphatic carbocycles. The van der Waals surface area contributed by atoms with Crippen LogP contribution in [0.4, 0.5) is 0 Å². The summed E-state index contributed by atoms with van der Waals surface area (Å²) in [6.07, 6.45) is 3.96. The standard InChI is InChI=1S/C10H12N2O2/c11-10(13)9-8(2-1-5-12-9)14-6-7-3-4-7/h1-2,5,7H,3-4,6H2,(H2,11,13). The second-order valence-electron chi connectivity index (χ2n) is 3.47. The van der Waals surface area contributed by atoms with Crippen LogP contribution in [-0.4, -0.2) is 17.5 Å². The molecule has 0 radical (unpaired) electrons. The van der Waals surface area contributed by atoms with E-state index >= 15 is 0 Å². The predicted octanol–water partition coefficient (Wildman–Crippen LogP) is 0.969. The molecular formula is C10H12N2O2. The second kappa shape index (κ2) is 3.65. The number of hydrogen-bond donors (Lipinski definition) is 1. The van der Waals surface area contributed by atoms with Crippen LogP contribution in [0.2, 0.25) is 0 Å². The van der Waals surface area contributed by atoms with Crippen molar-refractivity contribution in [3.63, 3.8) is 0 Å². The summed E-state index contributed by atoms with van der Waals surface area (Å²) >= 11 is 0. The van der Waals surface area contributed by atoms with Crippen molar-refractivity contribution in [2.45, 2.75) is 12.8 Å². The first kappa shape index (κ1) is 8.99. The van der Waals surface area contributed by atoms with Gasteiger partial charge in [-0.15, -0.1) is 0 Å². The number of nitrogens with two attached hydrogens (primary N) is 1. The Bertz CT molecular complexity index is 348. The molecule has 14 heavy (non-hydrogen) atoms. The Morgan fingerprint density at radius 1 is 1.64 bits per heavy atom. The molecule has 4 nitrogen and oxygen atoms in total. The number of carbonyl (C=O) groups is 1. The maximum absolute atomic E-state index is 11.0. The zero-order valence-electron chi connectivity index (χ0n) is 7.77. The highest BCUT2D eigenvalue weighted by Gasteiger charge is 2.22. The lowest BCUT2D eigenvalue weighted by molar-refractivity contribution is 0.0991. The molecule has 1 aromatic heterocycles. The molecule has 1 heterocycles. The van der Waals surface area contributed by atoms with Crippen LogP contribution in [0.1, 0.15) is 23.3 Å². The molecule has 2 N–H and O–H groups in total. The molecule has 0 atom stereocenters. The summed E-state index contributed by atoms with van der Waals surface area (Å²) in [5.74, 6) is 0.597. The number of ether oxygens (including phenoxy) is 1. The fraction of sp³-hybridized carbons (Fsp3) is 0.400. The number of nitrogens with zero attached hydrogens (tertiary/aromatic N) is 1. The summed E-state index contributed by atoms with van der Waals surface area (Å²) in [6, 6.07) is 3.45. The molecular weight excluding hydrogens is 180 g/mol. The maximum atomic E-state index is 11.0. The van der Waals surface area contributed by atoms with E-state index in [1.807, 2.05) is 0 Å². The molecule has 0 aliphatic heterocycles. The SMILES string of the molecule is NC(=O)c1ncccc1OCC1CC1. The van der Waals surface area contributed by atoms with E-state index in [9.17, 15) is 4.79 Å². The number of aromatic nitrogens is 1. The van der Waals surface area contributed by atoms with Crippen LogP contribution in [0, 0.1) is 5.92 Å². The van der Waals surface area contributed by atoms with Gasteiger partial charge in [-0.1, -0.05) is 0 Å². The third-order valence-electron chi connectivity index (χ3n) is 2.18. The van der Waals surface area contributed by atoms with Crippen molar-refractivity contribution >= 4 is 5.91 Å². The van der Waals surface area contributed by atoms with Crippen molar-refractivity contribution in [2.75, 3.05) is 6.61 Å². The minimum atomic E-state index is -0.545. The minimum absolute atomic E-state index is 0.216. The Balaban J connectivity index is 2.09. The third kappa shape index (κ3) is 2.02. The number of carbonyl (C=O) groups excluding carboxylic acids is 1. The molecule has 1 saturated carbocycles. The van der Waals surface area contributed by atoms with Gasteiger partial charge >= 0.3 is 0 Å². The van der Waals surface area contributed by atoms with Crippen LogP contribution >= 0.6 is 0 Å². The lowest BCUT2D eigenvalue weighted by Crippen LogP contribution is -2.15. The highest BCUT2D eigenvalue weighted by atomic mass is 16.5. The largest absolute Gasteiger partial charge is 0.491 e. The summed E-state index contributed by atoms with van der Waals surface area (Å²) in [7, 11) is 0. The third-order valence-corrected chi connectivity index (χ3v) is 2.18. The number of hydrogen-bond acceptors (Lipinski definition) is 3. The van der Waals surface area contributed by atoms with Gasteiger partial charge in [0.15, 0.2) is 11.4 Å². The summed E-state index contributed by atoms with van der Waals surface area (Å²) in [4.78, 5) is 14.8. The smallest absolute Gasteiger partial charge is 0.271 e. The van der Waals surface area contributed by atoms with E-state index in [2.05, 4.69) is 4.98 Å². The van der Waals surface area contributed by atoms with E-state index in [1.165, 1.54) is 19.0 Å². The van der Waals surface area contributed by atoms with Crippen molar-refractivity contribution in [3.8, 4) is 5.75 Å². The average Bonchev–Trinajstić information content (AvgIpc) is 2.98. The number of amides is 1. The van der Waals surface area contributed by atoms with Crippen LogP contribution < -0.4 is 10.5 Å². The van der Waals surface area contributed by atoms with E-state index in [1.54, 1.807) is 12.1 Å². The lowest BCUT2D eigenvalue weighted by atomic mass is 10.3. The van der Waals surface area contributed by atoms with Gasteiger partial charge in [0.1, 0.15) is 0 Å². The summed E-state index contributed by atoms with van der Waals surface area (Å²) < 4.78 is 5.46. The first-order valence-corrected chi connectivity index (χ1v) is 4.65. The summed E-state index contributed by atoms with van der Waals surface area (Å²) in [6.45, 7) is 0.659. The zero-order chi connectivity index (χ0) is 9.97. The molecule has 0 saturated heterocycles. The van der Waals surface area contributed by atoms with Gasteiger partial charge in [0.2, 0.25) is 0 Å². The fourth-order valence-electron chi connectivity index (χ4n) is 1.18. The molecule has 1 fully saturated rings. The van der Waals surface area contributed by atoms with Crippen LogP contribution in [0.25, 0.3) is 0 Å². The molecule has 0 bridgehead atoms. The van der Waals surface area contributed by atoms with Crippen molar-refractivity contribution in [2.24, 2.45) is 11.7 Å². The average molecular weight is 192 g/mol. The van der Waals surface area contributed by atoms with Crippen LogP contribution in [-0.2, 0) is 0 Å². The molecule has 1 aromatic rings. The highest BCUT2D eigenvalue weighted by molar-refractivity contribution is 5.93. The van der Waals surface area contributed by atoms with E-state index < -0.39 is 5.91 Å². The Morgan fingerprint density at radius 3 is 3.07 bits per heavy atom. The first-order valence-electron chi connectivity index (χ1n) is 4.65. The Morgan fingerprint density at radius 2 is 2.43 bits per heavy atom. The molecule has 0 spiro atoms. The fourth-order valence-corrected chi connectivity index (χ4v) is 1.18. The van der Waals surface area contributed by atoms with Gasteiger partial charge in [0, 0.05) is 6.20 Å². The Hall–Kier alpha value is -1.58. The molecule has 2 rings (SSSR count). The van der Waals surface area contributed by atoms with Gasteiger partial charge in [-0.25, -0.2) is 4.98 Å². The van der Waals surface area contributed by atoms with E-state index in [0.29, 0.717) is 18.3 Å². The van der Waals surface area contributed by atoms with Crippen LogP contribution in [0.5, 0.6) is 5.75 Å². The van der Waals surface area contributed by atoms with Crippen molar-refractivity contribution in [3.05, 3.63) is 24.0 Å². The van der Waals surface area contributed by atoms with E-state index in [4.69, 9.17) is 10.5 Å². The minimum Gasteiger partial charge on any atom is -0.491 e. The first-order chi connectivity index (χ1) is 6.77. The summed E-state index contributed by atoms with van der Waals surface area (Å²) in [5, 5.41) is 0. The zero-order valence-corrected chi connectivity index (χ0v) is 7.77. The summed E-state index contributed by atoms with van der Waals surface area (Å²) in [5.41, 5.74) is 5.37. The van der Waals surface area contributed by atoms with Crippen molar-refractivity contribution in [1.29, 1.82) is 0 Å². The molecule has 0 aromatic carbocycles. The second-order valence-corrected chi connectivity index (χ2v) is 3.47. The number of primary amides is 1. The normalized spacial score (nSPS) is 15.1. The molecule has 1 aliphatic rings. The Kier molecular flexibility index (Phi) is 2.35. The van der Waals surface area contributed by atoms with E-state index in [-0.39, 0.29) is 5.69 Å². The lowest BCUT2D eigenvalue weighted by Gasteiger charge is -2.07. The molecule has 4 heteroatoms. The van der Waals surface area contributed by atoms with Gasteiger partial charge in [0.25, 0.3) is 5.91 Å². The quantitative estimate of drug-likeness (QED) is 0.773. The highest BCUT2D eigenvalue weighted by Crippen LogP contribution is 2.29. The Labute approximate surface area is 82.1 Å². The van der Waals surface area contributed by atoms with Crippen LogP contribution in [0.3, 0.4) is 0 Å². The van der Waals surface area contributed by atoms with Gasteiger partial charge < -0.3 is 10.5 Å². The van der Waals surface area contributed by atoms with Gasteiger partial charge in [-0.2, -0.15) is 0 Å². The molecule has 1 amide bonds. The number of rotatable bonds is 4. The van der Waals surface area contributed by atoms with Gasteiger partial charge in [0.05, 0.1) is 6.61 Å². The molecule has 74 valence electrons. The van der Waals surface area contributed by atoms with Gasteiger partial charge in [-0.3, -0.25) is 4.79 Å². The van der Waals surface area contributed by atoms with Gasteiger partial charge in [-0.05, 0) is 30.9 Å². The van der Waals surface area contributed by atoms with Crippen LogP contribution in [0.15, 0.2) is 18.3 Å². The van der Waals surface area contributed by atoms with Crippen molar-refractivity contribution < 1.29 is 9.53 Å². The molecule has 0 unspecified atom stereocenters. The number of pyridine rings is 1. The van der Waals surface area contributed by atoms with Crippen molar-refractivity contribution in [1.82, 2.24) is 4.98 Å². The predicted molar refractivity (Wildman–Crippen MR) is 51.0 cm³/mol. The maximum Gasteiger partial charge on any atom is 0.271 e.